The summed E-state index contributed by atoms with van der Waals surface area (Å²) in [5.74, 6) is 1.05. The third-order valence-corrected chi connectivity index (χ3v) is 10.3. The van der Waals surface area contributed by atoms with Gasteiger partial charge in [-0.25, -0.2) is 0 Å². The van der Waals surface area contributed by atoms with Crippen LogP contribution in [0.1, 0.15) is 16.7 Å². The Hall–Kier alpha value is -6.98. The van der Waals surface area contributed by atoms with Gasteiger partial charge in [0.25, 0.3) is 0 Å². The molecule has 0 amide bonds. The molecule has 2 N–H and O–H groups in total. The molecule has 9 rings (SSSR count). The van der Waals surface area contributed by atoms with E-state index in [-0.39, 0.29) is 6.17 Å². The van der Waals surface area contributed by atoms with Gasteiger partial charge in [-0.15, -0.1) is 0 Å². The van der Waals surface area contributed by atoms with Gasteiger partial charge in [-0.05, 0) is 70.2 Å². The summed E-state index contributed by atoms with van der Waals surface area (Å²) in [6.45, 7) is 5.02. The van der Waals surface area contributed by atoms with Gasteiger partial charge in [-0.3, -0.25) is 9.97 Å². The molecule has 5 aromatic carbocycles. The summed E-state index contributed by atoms with van der Waals surface area (Å²) in [7, 11) is 0. The number of fused-ring (bicyclic) bond motifs is 2. The first-order valence-electron chi connectivity index (χ1n) is 18.4. The monoisotopic (exact) mass is 697 g/mol. The Balaban J connectivity index is 1.21. The Kier molecular flexibility index (Phi) is 8.87. The maximum Gasteiger partial charge on any atom is 0.133 e. The van der Waals surface area contributed by atoms with Crippen LogP contribution in [-0.2, 0) is 6.42 Å². The molecule has 5 heteroatoms. The van der Waals surface area contributed by atoms with Crippen molar-refractivity contribution in [1.82, 2.24) is 20.6 Å². The number of para-hydroxylation sites is 3. The van der Waals surface area contributed by atoms with E-state index in [0.29, 0.717) is 13.0 Å². The lowest BCUT2D eigenvalue weighted by Crippen LogP contribution is -2.41. The second-order valence-corrected chi connectivity index (χ2v) is 13.5. The van der Waals surface area contributed by atoms with Gasteiger partial charge in [0.15, 0.2) is 0 Å². The Labute approximate surface area is 316 Å². The molecule has 0 aliphatic carbocycles. The highest BCUT2D eigenvalue weighted by Gasteiger charge is 2.37. The number of aromatic nitrogens is 2. The van der Waals surface area contributed by atoms with E-state index in [1.807, 2.05) is 30.6 Å². The van der Waals surface area contributed by atoms with E-state index >= 15 is 0 Å². The molecule has 0 bridgehead atoms. The average molecular weight is 698 g/mol. The number of benzene rings is 5. The van der Waals surface area contributed by atoms with Crippen LogP contribution in [0.15, 0.2) is 206 Å². The van der Waals surface area contributed by atoms with Crippen LogP contribution in [0.25, 0.3) is 44.1 Å². The normalized spacial score (nSPS) is 15.8. The maximum atomic E-state index is 4.81. The van der Waals surface area contributed by atoms with E-state index in [4.69, 9.17) is 9.97 Å². The minimum Gasteiger partial charge on any atom is -0.366 e. The van der Waals surface area contributed by atoms with Gasteiger partial charge in [0.2, 0.25) is 0 Å². The second kappa shape index (κ2) is 14.6. The topological polar surface area (TPSA) is 53.1 Å². The van der Waals surface area contributed by atoms with E-state index in [9.17, 15) is 0 Å². The van der Waals surface area contributed by atoms with Crippen molar-refractivity contribution in [2.24, 2.45) is 0 Å². The van der Waals surface area contributed by atoms with Gasteiger partial charge in [-0.2, -0.15) is 0 Å². The van der Waals surface area contributed by atoms with Crippen LogP contribution in [0.4, 0.5) is 5.69 Å². The van der Waals surface area contributed by atoms with Gasteiger partial charge >= 0.3 is 0 Å². The van der Waals surface area contributed by atoms with Crippen molar-refractivity contribution in [3.8, 4) is 11.1 Å². The number of nitrogens with zero attached hydrogens (tertiary/aromatic N) is 3. The molecule has 0 fully saturated rings. The Morgan fingerprint density at radius 3 is 2.15 bits per heavy atom. The number of hydrogen-bond acceptors (Lipinski definition) is 5. The van der Waals surface area contributed by atoms with E-state index in [2.05, 4.69) is 174 Å². The fourth-order valence-corrected chi connectivity index (χ4v) is 7.75. The molecular formula is C49H39N5. The molecule has 4 heterocycles. The summed E-state index contributed by atoms with van der Waals surface area (Å²) < 4.78 is 0. The van der Waals surface area contributed by atoms with Crippen LogP contribution < -0.4 is 15.5 Å². The summed E-state index contributed by atoms with van der Waals surface area (Å²) in [4.78, 5) is 12.0. The predicted molar refractivity (Wildman–Crippen MR) is 224 cm³/mol. The molecule has 0 spiro atoms. The van der Waals surface area contributed by atoms with Gasteiger partial charge in [0.1, 0.15) is 12.0 Å². The molecule has 260 valence electrons. The number of nitrogens with one attached hydrogen (secondary N) is 2. The van der Waals surface area contributed by atoms with Crippen LogP contribution >= 0.6 is 0 Å². The first-order valence-corrected chi connectivity index (χ1v) is 18.4. The van der Waals surface area contributed by atoms with E-state index in [1.54, 1.807) is 0 Å². The van der Waals surface area contributed by atoms with Crippen LogP contribution in [0.3, 0.4) is 0 Å². The zero-order valence-electron chi connectivity index (χ0n) is 29.9. The lowest BCUT2D eigenvalue weighted by Gasteiger charge is -2.31. The molecule has 0 saturated heterocycles. The fraction of sp³-hybridized carbons (Fsp3) is 0.0612. The van der Waals surface area contributed by atoms with Crippen molar-refractivity contribution < 1.29 is 0 Å². The molecule has 54 heavy (non-hydrogen) atoms. The van der Waals surface area contributed by atoms with Crippen molar-refractivity contribution in [2.45, 2.75) is 12.6 Å². The molecule has 2 aliphatic heterocycles. The average Bonchev–Trinajstić information content (AvgIpc) is 3.64. The summed E-state index contributed by atoms with van der Waals surface area (Å²) in [5, 5.41) is 10.1. The highest BCUT2D eigenvalue weighted by atomic mass is 15.4. The van der Waals surface area contributed by atoms with Crippen LogP contribution in [-0.4, -0.2) is 22.7 Å². The van der Waals surface area contributed by atoms with Gasteiger partial charge in [0, 0.05) is 46.5 Å². The Bertz CT molecular complexity index is 2620. The Morgan fingerprint density at radius 2 is 1.37 bits per heavy atom. The number of rotatable bonds is 9. The quantitative estimate of drug-likeness (QED) is 0.147. The molecule has 7 aromatic rings. The fourth-order valence-electron chi connectivity index (χ4n) is 7.75. The van der Waals surface area contributed by atoms with Gasteiger partial charge in [-0.1, -0.05) is 146 Å². The molecule has 2 aliphatic rings. The largest absolute Gasteiger partial charge is 0.366 e. The molecule has 1 atom stereocenters. The molecular weight excluding hydrogens is 659 g/mol. The van der Waals surface area contributed by atoms with E-state index in [0.717, 1.165) is 55.7 Å². The highest BCUT2D eigenvalue weighted by Crippen LogP contribution is 2.41. The first kappa shape index (κ1) is 32.9. The van der Waals surface area contributed by atoms with Crippen molar-refractivity contribution in [3.05, 3.63) is 223 Å². The Morgan fingerprint density at radius 1 is 0.704 bits per heavy atom. The predicted octanol–water partition coefficient (Wildman–Crippen LogP) is 10.5. The van der Waals surface area contributed by atoms with Gasteiger partial charge in [0.05, 0.1) is 16.7 Å². The van der Waals surface area contributed by atoms with Crippen molar-refractivity contribution in [1.29, 1.82) is 0 Å². The molecule has 2 aromatic heterocycles. The molecule has 0 radical (unpaired) electrons. The highest BCUT2D eigenvalue weighted by molar-refractivity contribution is 5.95. The SMILES string of the molecule is C=C/C(=C\C(=C/Cc1cccc2cccnc12)C1NC2=C(NCC=C2c2ccccc2-c2ccccc2)N1c1ccccc1)c1cccc2cccnc12. The van der Waals surface area contributed by atoms with Crippen molar-refractivity contribution in [3.63, 3.8) is 0 Å². The number of anilines is 1. The number of hydrogen-bond donors (Lipinski definition) is 2. The van der Waals surface area contributed by atoms with E-state index in [1.165, 1.54) is 27.8 Å². The molecule has 5 nitrogen and oxygen atoms in total. The summed E-state index contributed by atoms with van der Waals surface area (Å²) in [6, 6.07) is 51.0. The minimum atomic E-state index is -0.254. The van der Waals surface area contributed by atoms with Crippen LogP contribution in [0.5, 0.6) is 0 Å². The van der Waals surface area contributed by atoms with Crippen molar-refractivity contribution >= 4 is 38.6 Å². The maximum absolute atomic E-state index is 4.81. The lowest BCUT2D eigenvalue weighted by atomic mass is 9.91. The van der Waals surface area contributed by atoms with E-state index < -0.39 is 0 Å². The van der Waals surface area contributed by atoms with Crippen LogP contribution in [0, 0.1) is 0 Å². The third-order valence-electron chi connectivity index (χ3n) is 10.3. The van der Waals surface area contributed by atoms with Crippen molar-refractivity contribution in [2.75, 3.05) is 11.4 Å². The third kappa shape index (κ3) is 6.16. The number of dihydropyridines is 1. The number of pyridine rings is 2. The standard InChI is InChI=1S/C49H39N5/c1-2-34(42-26-12-19-37-21-14-31-51-46(37)42)33-39(28-27-38-18-11-17-36-20-13-30-50-45(36)38)48-53-47-44(29-32-52-49(47)54(48)40-22-7-4-8-23-40)43-25-10-9-24-41(43)35-15-5-3-6-16-35/h2-26,28-31,33,48,52-53H,1,27,32H2/b34-33+,39-28+. The molecule has 0 saturated carbocycles. The second-order valence-electron chi connectivity index (χ2n) is 13.5. The molecule has 1 unspecified atom stereocenters. The van der Waals surface area contributed by atoms with Gasteiger partial charge < -0.3 is 15.5 Å². The lowest BCUT2D eigenvalue weighted by molar-refractivity contribution is 0.692. The summed E-state index contributed by atoms with van der Waals surface area (Å²) in [6.07, 6.45) is 13.1. The number of allylic oxidation sites excluding steroid dienone is 4. The first-order chi connectivity index (χ1) is 26.8. The summed E-state index contributed by atoms with van der Waals surface area (Å²) >= 11 is 0. The zero-order valence-corrected chi connectivity index (χ0v) is 29.9. The zero-order chi connectivity index (χ0) is 36.3. The van der Waals surface area contributed by atoms with Crippen LogP contribution in [0.2, 0.25) is 0 Å². The minimum absolute atomic E-state index is 0.254. The summed E-state index contributed by atoms with van der Waals surface area (Å²) in [5.41, 5.74) is 13.2. The smallest absolute Gasteiger partial charge is 0.133 e.